The van der Waals surface area contributed by atoms with Gasteiger partial charge in [-0.25, -0.2) is 0 Å². The highest BCUT2D eigenvalue weighted by molar-refractivity contribution is 6.34. The molecule has 0 unspecified atom stereocenters. The molecule has 0 spiro atoms. The second-order valence-corrected chi connectivity index (χ2v) is 5.19. The lowest BCUT2D eigenvalue weighted by molar-refractivity contribution is 0.922. The summed E-state index contributed by atoms with van der Waals surface area (Å²) in [4.78, 5) is 0. The fourth-order valence-corrected chi connectivity index (χ4v) is 2.65. The van der Waals surface area contributed by atoms with Crippen molar-refractivity contribution in [1.82, 2.24) is 10.2 Å². The summed E-state index contributed by atoms with van der Waals surface area (Å²) in [6.07, 6.45) is 2.21. The van der Waals surface area contributed by atoms with Crippen LogP contribution in [0.4, 0.5) is 0 Å². The third-order valence-corrected chi connectivity index (χ3v) is 3.66. The Kier molecular flexibility index (Phi) is 3.66. The summed E-state index contributed by atoms with van der Waals surface area (Å²) in [7, 11) is 0. The Labute approximate surface area is 123 Å². The largest absolute Gasteiger partial charge is 0.159 e. The van der Waals surface area contributed by atoms with Crippen LogP contribution in [0.25, 0.3) is 22.0 Å². The first-order valence-electron chi connectivity index (χ1n) is 6.80. The number of benzene rings is 2. The third kappa shape index (κ3) is 2.39. The van der Waals surface area contributed by atoms with Crippen molar-refractivity contribution in [1.29, 1.82) is 0 Å². The van der Waals surface area contributed by atoms with Gasteiger partial charge in [0.2, 0.25) is 0 Å². The smallest absolute Gasteiger partial charge is 0.148 e. The molecule has 3 rings (SSSR count). The molecule has 3 aromatic rings. The van der Waals surface area contributed by atoms with Crippen molar-refractivity contribution in [3.8, 4) is 11.3 Å². The molecular weight excluding hydrogens is 268 g/mol. The number of hydrogen-bond donors (Lipinski definition) is 0. The van der Waals surface area contributed by atoms with E-state index < -0.39 is 0 Å². The average molecular weight is 283 g/mol. The minimum atomic E-state index is 0.453. The fraction of sp³-hybridized carbons (Fsp3) is 0.176. The molecule has 0 saturated heterocycles. The van der Waals surface area contributed by atoms with Crippen LogP contribution < -0.4 is 0 Å². The molecule has 0 saturated carbocycles. The molecular formula is C17H15ClN2. The maximum atomic E-state index is 6.12. The predicted octanol–water partition coefficient (Wildman–Crippen LogP) is 4.90. The molecule has 0 N–H and O–H groups in total. The van der Waals surface area contributed by atoms with E-state index in [9.17, 15) is 0 Å². The number of fused-ring (bicyclic) bond motifs is 1. The van der Waals surface area contributed by atoms with Crippen LogP contribution in [0.15, 0.2) is 48.5 Å². The Hall–Kier alpha value is -1.93. The van der Waals surface area contributed by atoms with Gasteiger partial charge in [-0.1, -0.05) is 67.4 Å². The SMILES string of the molecule is CCCc1cccc(-c2nnc(Cl)c3ccccc23)c1. The lowest BCUT2D eigenvalue weighted by atomic mass is 10.0. The Morgan fingerprint density at radius 3 is 2.55 bits per heavy atom. The predicted molar refractivity (Wildman–Crippen MR) is 84.0 cm³/mol. The highest BCUT2D eigenvalue weighted by atomic mass is 35.5. The van der Waals surface area contributed by atoms with E-state index in [-0.39, 0.29) is 0 Å². The summed E-state index contributed by atoms with van der Waals surface area (Å²) in [6.45, 7) is 2.18. The van der Waals surface area contributed by atoms with Crippen molar-refractivity contribution in [3.05, 3.63) is 59.2 Å². The van der Waals surface area contributed by atoms with Gasteiger partial charge in [-0.05, 0) is 18.1 Å². The van der Waals surface area contributed by atoms with Crippen LogP contribution in [0, 0.1) is 0 Å². The van der Waals surface area contributed by atoms with Crippen LogP contribution in [0.3, 0.4) is 0 Å². The summed E-state index contributed by atoms with van der Waals surface area (Å²) >= 11 is 6.12. The van der Waals surface area contributed by atoms with Gasteiger partial charge in [0.1, 0.15) is 5.69 Å². The van der Waals surface area contributed by atoms with E-state index in [1.165, 1.54) is 5.56 Å². The van der Waals surface area contributed by atoms with Gasteiger partial charge < -0.3 is 0 Å². The van der Waals surface area contributed by atoms with Gasteiger partial charge >= 0.3 is 0 Å². The van der Waals surface area contributed by atoms with Crippen molar-refractivity contribution >= 4 is 22.4 Å². The Morgan fingerprint density at radius 2 is 1.75 bits per heavy atom. The van der Waals surface area contributed by atoms with E-state index >= 15 is 0 Å². The highest BCUT2D eigenvalue weighted by Crippen LogP contribution is 2.29. The zero-order chi connectivity index (χ0) is 13.9. The standard InChI is InChI=1S/C17H15ClN2/c1-2-6-12-7-5-8-13(11-12)16-14-9-3-4-10-15(14)17(18)20-19-16/h3-5,7-11H,2,6H2,1H3. The number of aryl methyl sites for hydroxylation is 1. The van der Waals surface area contributed by atoms with Gasteiger partial charge in [-0.3, -0.25) is 0 Å². The molecule has 0 bridgehead atoms. The van der Waals surface area contributed by atoms with Gasteiger partial charge in [0, 0.05) is 16.3 Å². The molecule has 0 aliphatic carbocycles. The second-order valence-electron chi connectivity index (χ2n) is 4.84. The van der Waals surface area contributed by atoms with Gasteiger partial charge in [0.15, 0.2) is 5.15 Å². The molecule has 100 valence electrons. The molecule has 1 aromatic heterocycles. The third-order valence-electron chi connectivity index (χ3n) is 3.38. The first-order chi connectivity index (χ1) is 9.79. The van der Waals surface area contributed by atoms with E-state index in [0.29, 0.717) is 5.15 Å². The summed E-state index contributed by atoms with van der Waals surface area (Å²) in [5, 5.41) is 10.8. The molecule has 2 nitrogen and oxygen atoms in total. The summed E-state index contributed by atoms with van der Waals surface area (Å²) in [5.74, 6) is 0. The van der Waals surface area contributed by atoms with E-state index in [1.54, 1.807) is 0 Å². The van der Waals surface area contributed by atoms with Crippen LogP contribution in [-0.4, -0.2) is 10.2 Å². The molecule has 0 atom stereocenters. The maximum absolute atomic E-state index is 6.12. The lowest BCUT2D eigenvalue weighted by Gasteiger charge is -2.07. The zero-order valence-corrected chi connectivity index (χ0v) is 12.1. The van der Waals surface area contributed by atoms with Crippen molar-refractivity contribution < 1.29 is 0 Å². The summed E-state index contributed by atoms with van der Waals surface area (Å²) < 4.78 is 0. The molecule has 1 heterocycles. The van der Waals surface area contributed by atoms with E-state index in [4.69, 9.17) is 11.6 Å². The van der Waals surface area contributed by atoms with Crippen LogP contribution in [-0.2, 0) is 6.42 Å². The molecule has 2 aromatic carbocycles. The minimum Gasteiger partial charge on any atom is -0.148 e. The first kappa shape index (κ1) is 13.1. The van der Waals surface area contributed by atoms with Crippen LogP contribution >= 0.6 is 11.6 Å². The number of hydrogen-bond acceptors (Lipinski definition) is 2. The van der Waals surface area contributed by atoms with Gasteiger partial charge in [-0.2, -0.15) is 0 Å². The van der Waals surface area contributed by atoms with Gasteiger partial charge in [0.05, 0.1) is 0 Å². The Balaban J connectivity index is 2.19. The molecule has 3 heteroatoms. The van der Waals surface area contributed by atoms with Crippen molar-refractivity contribution in [2.75, 3.05) is 0 Å². The molecule has 0 amide bonds. The van der Waals surface area contributed by atoms with E-state index in [0.717, 1.165) is 34.9 Å². The number of rotatable bonds is 3. The van der Waals surface area contributed by atoms with E-state index in [1.807, 2.05) is 24.3 Å². The maximum Gasteiger partial charge on any atom is 0.159 e. The second kappa shape index (κ2) is 5.59. The number of aromatic nitrogens is 2. The molecule has 0 radical (unpaired) electrons. The van der Waals surface area contributed by atoms with Crippen LogP contribution in [0.2, 0.25) is 5.15 Å². The first-order valence-corrected chi connectivity index (χ1v) is 7.17. The van der Waals surface area contributed by atoms with Crippen molar-refractivity contribution in [2.45, 2.75) is 19.8 Å². The van der Waals surface area contributed by atoms with Crippen molar-refractivity contribution in [3.63, 3.8) is 0 Å². The van der Waals surface area contributed by atoms with Gasteiger partial charge in [0.25, 0.3) is 0 Å². The van der Waals surface area contributed by atoms with Crippen molar-refractivity contribution in [2.24, 2.45) is 0 Å². The van der Waals surface area contributed by atoms with Gasteiger partial charge in [-0.15, -0.1) is 10.2 Å². The zero-order valence-electron chi connectivity index (χ0n) is 11.3. The molecule has 0 fully saturated rings. The topological polar surface area (TPSA) is 25.8 Å². The van der Waals surface area contributed by atoms with Crippen LogP contribution in [0.1, 0.15) is 18.9 Å². The highest BCUT2D eigenvalue weighted by Gasteiger charge is 2.09. The fourth-order valence-electron chi connectivity index (χ4n) is 2.45. The monoisotopic (exact) mass is 282 g/mol. The Bertz CT molecular complexity index is 753. The quantitative estimate of drug-likeness (QED) is 0.682. The summed E-state index contributed by atoms with van der Waals surface area (Å²) in [6, 6.07) is 16.5. The molecule has 20 heavy (non-hydrogen) atoms. The minimum absolute atomic E-state index is 0.453. The number of nitrogens with zero attached hydrogens (tertiary/aromatic N) is 2. The van der Waals surface area contributed by atoms with E-state index in [2.05, 4.69) is 41.4 Å². The molecule has 0 aliphatic heterocycles. The number of halogens is 1. The summed E-state index contributed by atoms with van der Waals surface area (Å²) in [5.41, 5.74) is 3.31. The Morgan fingerprint density at radius 1 is 0.950 bits per heavy atom. The lowest BCUT2D eigenvalue weighted by Crippen LogP contribution is -1.92. The normalized spacial score (nSPS) is 10.9. The van der Waals surface area contributed by atoms with Crippen LogP contribution in [0.5, 0.6) is 0 Å². The molecule has 0 aliphatic rings. The average Bonchev–Trinajstić information content (AvgIpc) is 2.49.